The van der Waals surface area contributed by atoms with Crippen molar-refractivity contribution >= 4 is 39.1 Å². The standard InChI is InChI=1S/C17H25N3O4S2/c1-17(8-9-26(23,24)12-17)19-16(22)11-20(2)10-15(21)18-13-6-4-5-7-14(13)25-3/h4-7H,8-12H2,1-3H3,(H,18,21)(H,19,22)/p+1/t17-/m0/s1. The molecule has 144 valence electrons. The number of rotatable bonds is 7. The summed E-state index contributed by atoms with van der Waals surface area (Å²) in [6.07, 6.45) is 2.36. The number of hydrogen-bond donors (Lipinski definition) is 3. The van der Waals surface area contributed by atoms with Gasteiger partial charge in [0.15, 0.2) is 22.9 Å². The lowest BCUT2D eigenvalue weighted by Crippen LogP contribution is -3.11. The number of benzene rings is 1. The Morgan fingerprint density at radius 1 is 1.23 bits per heavy atom. The van der Waals surface area contributed by atoms with Crippen molar-refractivity contribution in [3.05, 3.63) is 24.3 Å². The van der Waals surface area contributed by atoms with E-state index in [1.807, 2.05) is 30.5 Å². The number of nitrogens with one attached hydrogen (secondary N) is 3. The van der Waals surface area contributed by atoms with Crippen LogP contribution in [-0.2, 0) is 19.4 Å². The van der Waals surface area contributed by atoms with Crippen molar-refractivity contribution in [2.24, 2.45) is 0 Å². The van der Waals surface area contributed by atoms with Crippen molar-refractivity contribution in [1.82, 2.24) is 5.32 Å². The van der Waals surface area contributed by atoms with E-state index in [-0.39, 0.29) is 36.4 Å². The summed E-state index contributed by atoms with van der Waals surface area (Å²) >= 11 is 1.55. The van der Waals surface area contributed by atoms with Crippen LogP contribution in [0.15, 0.2) is 29.2 Å². The van der Waals surface area contributed by atoms with Gasteiger partial charge in [-0.05, 0) is 31.7 Å². The highest BCUT2D eigenvalue weighted by molar-refractivity contribution is 7.98. The second-order valence-electron chi connectivity index (χ2n) is 7.01. The highest BCUT2D eigenvalue weighted by Crippen LogP contribution is 2.24. The molecule has 0 saturated carbocycles. The summed E-state index contributed by atoms with van der Waals surface area (Å²) in [6, 6.07) is 7.54. The molecule has 2 rings (SSSR count). The van der Waals surface area contributed by atoms with E-state index in [1.165, 1.54) is 0 Å². The van der Waals surface area contributed by atoms with Gasteiger partial charge in [-0.15, -0.1) is 11.8 Å². The Labute approximate surface area is 158 Å². The Kier molecular flexibility index (Phi) is 6.70. The van der Waals surface area contributed by atoms with Crippen molar-refractivity contribution in [2.45, 2.75) is 23.8 Å². The SMILES string of the molecule is CSc1ccccc1NC(=O)C[NH+](C)CC(=O)N[C@@]1(C)CCS(=O)(=O)C1. The van der Waals surface area contributed by atoms with Gasteiger partial charge < -0.3 is 15.5 Å². The summed E-state index contributed by atoms with van der Waals surface area (Å²) in [5.74, 6) is -0.355. The summed E-state index contributed by atoms with van der Waals surface area (Å²) in [6.45, 7) is 2.00. The third-order valence-electron chi connectivity index (χ3n) is 4.25. The maximum Gasteiger partial charge on any atom is 0.279 e. The van der Waals surface area contributed by atoms with E-state index in [1.54, 1.807) is 25.7 Å². The van der Waals surface area contributed by atoms with Gasteiger partial charge >= 0.3 is 0 Å². The molecule has 1 saturated heterocycles. The van der Waals surface area contributed by atoms with Crippen molar-refractivity contribution in [1.29, 1.82) is 0 Å². The molecule has 2 atom stereocenters. The minimum absolute atomic E-state index is 0.0310. The Morgan fingerprint density at radius 2 is 1.88 bits per heavy atom. The van der Waals surface area contributed by atoms with E-state index in [9.17, 15) is 18.0 Å². The topological polar surface area (TPSA) is 96.8 Å². The summed E-state index contributed by atoms with van der Waals surface area (Å²) in [5.41, 5.74) is 0.0429. The maximum atomic E-state index is 12.2. The average molecular weight is 401 g/mol. The molecule has 0 spiro atoms. The molecule has 2 amide bonds. The quantitative estimate of drug-likeness (QED) is 0.539. The first-order valence-electron chi connectivity index (χ1n) is 8.38. The molecule has 0 radical (unpaired) electrons. The van der Waals surface area contributed by atoms with Crippen LogP contribution < -0.4 is 15.5 Å². The smallest absolute Gasteiger partial charge is 0.279 e. The molecular formula is C17H26N3O4S2+. The zero-order valence-electron chi connectivity index (χ0n) is 15.3. The monoisotopic (exact) mass is 400 g/mol. The number of para-hydroxylation sites is 1. The predicted octanol–water partition coefficient (Wildman–Crippen LogP) is -0.445. The fraction of sp³-hybridized carbons (Fsp3) is 0.529. The van der Waals surface area contributed by atoms with Gasteiger partial charge in [0, 0.05) is 4.90 Å². The number of quaternary nitrogens is 1. The first-order chi connectivity index (χ1) is 12.1. The summed E-state index contributed by atoms with van der Waals surface area (Å²) in [7, 11) is -1.32. The largest absolute Gasteiger partial charge is 0.345 e. The summed E-state index contributed by atoms with van der Waals surface area (Å²) in [4.78, 5) is 26.1. The van der Waals surface area contributed by atoms with Gasteiger partial charge in [-0.3, -0.25) is 9.59 Å². The lowest BCUT2D eigenvalue weighted by molar-refractivity contribution is -0.862. The molecule has 1 aliphatic heterocycles. The van der Waals surface area contributed by atoms with Crippen molar-refractivity contribution in [2.75, 3.05) is 43.2 Å². The Balaban J connectivity index is 1.83. The number of carbonyl (C=O) groups is 2. The molecule has 1 aromatic rings. The van der Waals surface area contributed by atoms with E-state index in [2.05, 4.69) is 10.6 Å². The number of sulfone groups is 1. The lowest BCUT2D eigenvalue weighted by Gasteiger charge is -2.24. The Morgan fingerprint density at radius 3 is 2.50 bits per heavy atom. The lowest BCUT2D eigenvalue weighted by atomic mass is 10.0. The minimum Gasteiger partial charge on any atom is -0.345 e. The molecule has 26 heavy (non-hydrogen) atoms. The summed E-state index contributed by atoms with van der Waals surface area (Å²) in [5, 5.41) is 5.67. The number of carbonyl (C=O) groups excluding carboxylic acids is 2. The molecule has 0 aromatic heterocycles. The van der Waals surface area contributed by atoms with Gasteiger partial charge in [-0.1, -0.05) is 12.1 Å². The zero-order chi connectivity index (χ0) is 19.4. The fourth-order valence-corrected chi connectivity index (χ4v) is 5.69. The summed E-state index contributed by atoms with van der Waals surface area (Å²) < 4.78 is 23.2. The maximum absolute atomic E-state index is 12.2. The number of anilines is 1. The van der Waals surface area contributed by atoms with Gasteiger partial charge in [0.1, 0.15) is 0 Å². The first kappa shape index (κ1) is 20.7. The van der Waals surface area contributed by atoms with E-state index in [4.69, 9.17) is 0 Å². The second-order valence-corrected chi connectivity index (χ2v) is 10.0. The van der Waals surface area contributed by atoms with E-state index in [0.29, 0.717) is 6.42 Å². The Bertz CT molecular complexity index is 782. The molecule has 3 N–H and O–H groups in total. The van der Waals surface area contributed by atoms with Crippen LogP contribution in [0, 0.1) is 0 Å². The average Bonchev–Trinajstić information content (AvgIpc) is 2.80. The molecule has 1 heterocycles. The van der Waals surface area contributed by atoms with Gasteiger partial charge in [-0.2, -0.15) is 0 Å². The Hall–Kier alpha value is -1.58. The number of amides is 2. The van der Waals surface area contributed by atoms with E-state index in [0.717, 1.165) is 15.5 Å². The van der Waals surface area contributed by atoms with E-state index >= 15 is 0 Å². The highest BCUT2D eigenvalue weighted by atomic mass is 32.2. The van der Waals surface area contributed by atoms with Crippen molar-refractivity contribution in [3.8, 4) is 0 Å². The zero-order valence-corrected chi connectivity index (χ0v) is 16.9. The molecule has 0 aliphatic carbocycles. The third kappa shape index (κ3) is 6.00. The third-order valence-corrected chi connectivity index (χ3v) is 6.95. The molecule has 9 heteroatoms. The van der Waals surface area contributed by atoms with Crippen LogP contribution in [0.1, 0.15) is 13.3 Å². The molecular weight excluding hydrogens is 374 g/mol. The molecule has 7 nitrogen and oxygen atoms in total. The molecule has 1 aromatic carbocycles. The van der Waals surface area contributed by atoms with Crippen LogP contribution in [0.3, 0.4) is 0 Å². The van der Waals surface area contributed by atoms with Crippen LogP contribution in [0.5, 0.6) is 0 Å². The van der Waals surface area contributed by atoms with Gasteiger partial charge in [-0.25, -0.2) is 8.42 Å². The van der Waals surface area contributed by atoms with Gasteiger partial charge in [0.05, 0.1) is 29.8 Å². The molecule has 1 aliphatic rings. The predicted molar refractivity (Wildman–Crippen MR) is 103 cm³/mol. The van der Waals surface area contributed by atoms with Gasteiger partial charge in [0.2, 0.25) is 0 Å². The van der Waals surface area contributed by atoms with Crippen LogP contribution in [0.2, 0.25) is 0 Å². The van der Waals surface area contributed by atoms with Crippen molar-refractivity contribution < 1.29 is 22.9 Å². The molecule has 0 bridgehead atoms. The van der Waals surface area contributed by atoms with Crippen LogP contribution in [0.25, 0.3) is 0 Å². The normalized spacial score (nSPS) is 22.6. The molecule has 1 fully saturated rings. The van der Waals surface area contributed by atoms with Crippen LogP contribution >= 0.6 is 11.8 Å². The highest BCUT2D eigenvalue weighted by Gasteiger charge is 2.39. The first-order valence-corrected chi connectivity index (χ1v) is 11.4. The number of thioether (sulfide) groups is 1. The second kappa shape index (κ2) is 8.41. The fourth-order valence-electron chi connectivity index (χ4n) is 3.04. The number of likely N-dealkylation sites (N-methyl/N-ethyl adjacent to an activating group) is 1. The van der Waals surface area contributed by atoms with Crippen molar-refractivity contribution in [3.63, 3.8) is 0 Å². The molecule has 1 unspecified atom stereocenters. The van der Waals surface area contributed by atoms with Crippen LogP contribution in [-0.4, -0.2) is 63.7 Å². The van der Waals surface area contributed by atoms with E-state index < -0.39 is 15.4 Å². The number of hydrogen-bond acceptors (Lipinski definition) is 5. The van der Waals surface area contributed by atoms with Crippen LogP contribution in [0.4, 0.5) is 5.69 Å². The minimum atomic E-state index is -3.08. The van der Waals surface area contributed by atoms with Gasteiger partial charge in [0.25, 0.3) is 11.8 Å².